The second kappa shape index (κ2) is 11.3. The van der Waals surface area contributed by atoms with E-state index in [-0.39, 0.29) is 114 Å². The largest absolute Gasteiger partial charge is 0.422 e. The molecule has 3 aromatic rings. The maximum atomic E-state index is 12.5. The molecule has 0 amide bonds. The number of ketones is 1. The molecule has 0 aliphatic rings. The Balaban J connectivity index is 0.00000182. The molecule has 2 aromatic carbocycles. The molecule has 0 spiro atoms. The Labute approximate surface area is 228 Å². The van der Waals surface area contributed by atoms with Gasteiger partial charge in [0, 0.05) is 105 Å². The van der Waals surface area contributed by atoms with E-state index in [0.717, 1.165) is 5.56 Å². The maximum Gasteiger partial charge on any atom is 0.340 e. The average molecular weight is 792 g/mol. The van der Waals surface area contributed by atoms with E-state index in [9.17, 15) is 19.8 Å². The summed E-state index contributed by atoms with van der Waals surface area (Å²) in [6.07, 6.45) is -0.0291. The summed E-state index contributed by atoms with van der Waals surface area (Å²) in [5.41, 5.74) is 2.51. The normalized spacial score (nSPS) is 10.2. The Hall–Kier alpha value is 0.123. The van der Waals surface area contributed by atoms with Crippen molar-refractivity contribution in [1.82, 2.24) is 0 Å². The Morgan fingerprint density at radius 3 is 2.15 bits per heavy atom. The van der Waals surface area contributed by atoms with Crippen LogP contribution in [0.1, 0.15) is 23.6 Å². The predicted molar refractivity (Wildman–Crippen MR) is 94.2 cm³/mol. The van der Waals surface area contributed by atoms with Gasteiger partial charge in [0.05, 0.1) is 18.8 Å². The van der Waals surface area contributed by atoms with Crippen LogP contribution in [0, 0.1) is 88.1 Å². The second-order valence-electron chi connectivity index (χ2n) is 5.92. The third-order valence-electron chi connectivity index (χ3n) is 4.15. The fourth-order valence-electron chi connectivity index (χ4n) is 3.01. The van der Waals surface area contributed by atoms with E-state index < -0.39 is 5.63 Å². The topological polar surface area (TPSA) is 87.7 Å². The second-order valence-corrected chi connectivity index (χ2v) is 5.92. The first-order chi connectivity index (χ1) is 12.0. The monoisotopic (exact) mass is 792 g/mol. The van der Waals surface area contributed by atoms with E-state index in [0.29, 0.717) is 33.2 Å². The average Bonchev–Trinajstić information content (AvgIpc) is 2.61. The van der Waals surface area contributed by atoms with Crippen molar-refractivity contribution in [3.05, 3.63) is 69.6 Å². The number of carbonyl (C=O) groups excluding carboxylic acids is 1. The van der Waals surface area contributed by atoms with Gasteiger partial charge in [-0.25, -0.2) is 4.79 Å². The summed E-state index contributed by atoms with van der Waals surface area (Å²) in [5.74, 6) is -0.141. The fraction of sp³-hybridized carbons (Fsp3) is 0.200. The first-order valence-corrected chi connectivity index (χ1v) is 7.93. The van der Waals surface area contributed by atoms with Gasteiger partial charge in [-0.3, -0.25) is 4.79 Å². The summed E-state index contributed by atoms with van der Waals surface area (Å²) in [6.45, 7) is 0.902. The Morgan fingerprint density at radius 2 is 1.59 bits per heavy atom. The van der Waals surface area contributed by atoms with Gasteiger partial charge in [-0.15, -0.1) is 0 Å². The molecule has 0 aliphatic carbocycles. The molecule has 0 fully saturated rings. The molecule has 0 saturated heterocycles. The molecule has 134 valence electrons. The smallest absolute Gasteiger partial charge is 0.340 e. The van der Waals surface area contributed by atoms with E-state index in [2.05, 4.69) is 0 Å². The summed E-state index contributed by atoms with van der Waals surface area (Å²) < 4.78 is 5.40. The molecule has 0 saturated carbocycles. The van der Waals surface area contributed by atoms with Crippen LogP contribution in [0.3, 0.4) is 0 Å². The minimum absolute atomic E-state index is 0. The minimum atomic E-state index is -0.567. The molecule has 0 bridgehead atoms. The number of aliphatic hydroxyl groups is 2. The van der Waals surface area contributed by atoms with Crippen LogP contribution >= 0.6 is 0 Å². The molecule has 0 unspecified atom stereocenters. The van der Waals surface area contributed by atoms with Crippen molar-refractivity contribution in [1.29, 1.82) is 0 Å². The molecule has 2 radical (unpaired) electrons. The zero-order valence-electron chi connectivity index (χ0n) is 14.9. The zero-order chi connectivity index (χ0) is 18.0. The van der Waals surface area contributed by atoms with Crippen LogP contribution in [-0.4, -0.2) is 16.0 Å². The number of aliphatic hydroxyl groups excluding tert-OH is 2. The van der Waals surface area contributed by atoms with Crippen LogP contribution in [0.15, 0.2) is 51.7 Å². The van der Waals surface area contributed by atoms with Crippen molar-refractivity contribution in [3.63, 3.8) is 0 Å². The molecule has 2 N–H and O–H groups in total. The molecule has 7 heteroatoms. The summed E-state index contributed by atoms with van der Waals surface area (Å²) in [4.78, 5) is 24.1. The Bertz CT molecular complexity index is 997. The van der Waals surface area contributed by atoms with Crippen LogP contribution in [0.4, 0.5) is 0 Å². The van der Waals surface area contributed by atoms with Gasteiger partial charge >= 0.3 is 5.63 Å². The first-order valence-electron chi connectivity index (χ1n) is 7.93. The van der Waals surface area contributed by atoms with E-state index in [1.807, 2.05) is 30.3 Å². The van der Waals surface area contributed by atoms with Crippen molar-refractivity contribution >= 4 is 16.8 Å². The molecule has 3 rings (SSSR count). The minimum Gasteiger partial charge on any atom is -0.422 e. The quantitative estimate of drug-likeness (QED) is 0.389. The standard InChI is InChI=1S/C20H18O5.2Ac/c1-12(23)7-17-19(13-5-3-2-4-6-13)16-8-14(10-21)15(11-22)9-18(16)25-20(17)24;;/h2-6,8-9,21-22H,7,10-11H2,1H3;;. The van der Waals surface area contributed by atoms with Gasteiger partial charge in [0.1, 0.15) is 11.4 Å². The molecular weight excluding hydrogens is 774 g/mol. The summed E-state index contributed by atoms with van der Waals surface area (Å²) in [5, 5.41) is 19.7. The molecular formula is C20H18Ac2O5. The number of Topliss-reactive ketones (excluding diaryl/α,β-unsaturated/α-hetero) is 1. The van der Waals surface area contributed by atoms with E-state index in [1.54, 1.807) is 12.1 Å². The van der Waals surface area contributed by atoms with E-state index in [4.69, 9.17) is 4.42 Å². The van der Waals surface area contributed by atoms with Gasteiger partial charge in [0.25, 0.3) is 0 Å². The third kappa shape index (κ3) is 5.60. The van der Waals surface area contributed by atoms with Crippen molar-refractivity contribution in [3.8, 4) is 11.1 Å². The van der Waals surface area contributed by atoms with Crippen molar-refractivity contribution < 1.29 is 108 Å². The SMILES string of the molecule is CC(=O)Cc1c(-c2ccccc2)c2cc(CO)c(CO)cc2oc1=O.[Ac].[Ac]. The molecule has 1 aromatic heterocycles. The van der Waals surface area contributed by atoms with Gasteiger partial charge in [-0.2, -0.15) is 0 Å². The Morgan fingerprint density at radius 1 is 1.00 bits per heavy atom. The predicted octanol–water partition coefficient (Wildman–Crippen LogP) is 2.58. The van der Waals surface area contributed by atoms with Gasteiger partial charge in [0.15, 0.2) is 0 Å². The molecule has 5 nitrogen and oxygen atoms in total. The van der Waals surface area contributed by atoms with E-state index in [1.165, 1.54) is 6.92 Å². The number of carbonyl (C=O) groups is 1. The summed E-state index contributed by atoms with van der Waals surface area (Å²) in [7, 11) is 0. The third-order valence-corrected chi connectivity index (χ3v) is 4.15. The molecule has 0 atom stereocenters. The van der Waals surface area contributed by atoms with Crippen LogP contribution < -0.4 is 5.63 Å². The van der Waals surface area contributed by atoms with Crippen LogP contribution in [-0.2, 0) is 24.4 Å². The number of hydrogen-bond donors (Lipinski definition) is 2. The van der Waals surface area contributed by atoms with Gasteiger partial charge in [-0.05, 0) is 35.7 Å². The number of fused-ring (bicyclic) bond motifs is 1. The van der Waals surface area contributed by atoms with Crippen molar-refractivity contribution in [2.45, 2.75) is 26.6 Å². The maximum absolute atomic E-state index is 12.5. The van der Waals surface area contributed by atoms with Crippen LogP contribution in [0.2, 0.25) is 0 Å². The fourth-order valence-corrected chi connectivity index (χ4v) is 3.01. The van der Waals surface area contributed by atoms with Crippen LogP contribution in [0.25, 0.3) is 22.1 Å². The first kappa shape index (κ1) is 25.2. The number of benzene rings is 2. The van der Waals surface area contributed by atoms with Gasteiger partial charge in [0.2, 0.25) is 0 Å². The summed E-state index contributed by atoms with van der Waals surface area (Å²) in [6, 6.07) is 12.5. The van der Waals surface area contributed by atoms with Gasteiger partial charge < -0.3 is 14.6 Å². The molecule has 27 heavy (non-hydrogen) atoms. The van der Waals surface area contributed by atoms with Crippen molar-refractivity contribution in [2.24, 2.45) is 0 Å². The number of rotatable bonds is 5. The molecule has 1 heterocycles. The molecule has 0 aliphatic heterocycles. The summed E-state index contributed by atoms with van der Waals surface area (Å²) >= 11 is 0. The van der Waals surface area contributed by atoms with Gasteiger partial charge in [-0.1, -0.05) is 30.3 Å². The Kier molecular flexibility index (Phi) is 10.6. The number of hydrogen-bond acceptors (Lipinski definition) is 5. The van der Waals surface area contributed by atoms with Crippen LogP contribution in [0.5, 0.6) is 0 Å². The van der Waals surface area contributed by atoms with E-state index >= 15 is 0 Å². The van der Waals surface area contributed by atoms with Crippen molar-refractivity contribution in [2.75, 3.05) is 0 Å². The zero-order valence-corrected chi connectivity index (χ0v) is 24.4.